The number of hydrogen-bond acceptors (Lipinski definition) is 4. The highest BCUT2D eigenvalue weighted by molar-refractivity contribution is 6.31. The number of carboxylic acids is 1. The minimum atomic E-state index is -1.02. The summed E-state index contributed by atoms with van der Waals surface area (Å²) in [7, 11) is 0. The van der Waals surface area contributed by atoms with Gasteiger partial charge in [-0.3, -0.25) is 14.4 Å². The van der Waals surface area contributed by atoms with E-state index in [4.69, 9.17) is 16.7 Å². The average Bonchev–Trinajstić information content (AvgIpc) is 2.54. The number of fused-ring (bicyclic) bond motifs is 1. The molecule has 0 saturated carbocycles. The third-order valence-corrected chi connectivity index (χ3v) is 4.07. The molecule has 1 saturated heterocycles. The molecule has 120 valence electrons. The Morgan fingerprint density at radius 3 is 2.87 bits per heavy atom. The number of aromatic amines is 1. The topological polar surface area (TPSA) is 102 Å². The maximum Gasteiger partial charge on any atom is 0.322 e. The summed E-state index contributed by atoms with van der Waals surface area (Å²) in [6.45, 7) is 0.733. The number of carbonyl (C=O) groups excluding carboxylic acids is 1. The Morgan fingerprint density at radius 1 is 1.35 bits per heavy atom. The first-order valence-electron chi connectivity index (χ1n) is 7.04. The van der Waals surface area contributed by atoms with E-state index in [0.29, 0.717) is 29.0 Å². The third-order valence-electron chi connectivity index (χ3n) is 3.83. The Labute approximate surface area is 135 Å². The number of carboxylic acid groups (broad SMARTS) is 1. The van der Waals surface area contributed by atoms with Gasteiger partial charge in [-0.2, -0.15) is 0 Å². The van der Waals surface area contributed by atoms with E-state index in [1.54, 1.807) is 18.2 Å². The van der Waals surface area contributed by atoms with Gasteiger partial charge in [0.25, 0.3) is 5.91 Å². The molecule has 0 spiro atoms. The molecule has 3 rings (SSSR count). The lowest BCUT2D eigenvalue weighted by molar-refractivity contribution is -0.140. The molecule has 23 heavy (non-hydrogen) atoms. The van der Waals surface area contributed by atoms with Crippen LogP contribution in [0, 0.1) is 0 Å². The average molecular weight is 336 g/mol. The Kier molecular flexibility index (Phi) is 4.06. The minimum absolute atomic E-state index is 0.00846. The van der Waals surface area contributed by atoms with E-state index in [1.807, 2.05) is 0 Å². The second-order valence-electron chi connectivity index (χ2n) is 5.32. The van der Waals surface area contributed by atoms with Crippen molar-refractivity contribution in [3.05, 3.63) is 45.2 Å². The van der Waals surface area contributed by atoms with Crippen LogP contribution in [0.1, 0.15) is 10.4 Å². The summed E-state index contributed by atoms with van der Waals surface area (Å²) in [6, 6.07) is 3.92. The highest BCUT2D eigenvalue weighted by Gasteiger charge is 2.29. The van der Waals surface area contributed by atoms with Crippen LogP contribution in [0.3, 0.4) is 0 Å². The van der Waals surface area contributed by atoms with Gasteiger partial charge in [0.1, 0.15) is 11.6 Å². The molecule has 0 aliphatic carbocycles. The Bertz CT molecular complexity index is 848. The zero-order chi connectivity index (χ0) is 16.6. The number of benzene rings is 1. The molecular formula is C15H14ClN3O4. The van der Waals surface area contributed by atoms with Crippen LogP contribution in [0.2, 0.25) is 5.02 Å². The summed E-state index contributed by atoms with van der Waals surface area (Å²) in [4.78, 5) is 40.4. The van der Waals surface area contributed by atoms with Crippen molar-refractivity contribution in [2.75, 3.05) is 19.6 Å². The number of H-pyrrole nitrogens is 1. The van der Waals surface area contributed by atoms with Crippen LogP contribution in [-0.2, 0) is 4.79 Å². The van der Waals surface area contributed by atoms with Crippen molar-refractivity contribution in [2.24, 2.45) is 0 Å². The van der Waals surface area contributed by atoms with E-state index < -0.39 is 23.3 Å². The lowest BCUT2D eigenvalue weighted by atomic mass is 10.1. The molecule has 8 heteroatoms. The van der Waals surface area contributed by atoms with Crippen molar-refractivity contribution in [3.63, 3.8) is 0 Å². The molecule has 1 amide bonds. The molecule has 7 nitrogen and oxygen atoms in total. The number of rotatable bonds is 2. The van der Waals surface area contributed by atoms with Gasteiger partial charge < -0.3 is 20.3 Å². The van der Waals surface area contributed by atoms with E-state index in [-0.39, 0.29) is 12.1 Å². The van der Waals surface area contributed by atoms with Crippen molar-refractivity contribution in [2.45, 2.75) is 6.04 Å². The van der Waals surface area contributed by atoms with Crippen molar-refractivity contribution in [3.8, 4) is 0 Å². The Balaban J connectivity index is 1.95. The second kappa shape index (κ2) is 6.02. The fourth-order valence-corrected chi connectivity index (χ4v) is 2.80. The van der Waals surface area contributed by atoms with Crippen molar-refractivity contribution < 1.29 is 14.7 Å². The van der Waals surface area contributed by atoms with Gasteiger partial charge in [-0.05, 0) is 18.2 Å². The summed E-state index contributed by atoms with van der Waals surface area (Å²) in [6.07, 6.45) is 1.35. The first kappa shape index (κ1) is 15.5. The van der Waals surface area contributed by atoms with E-state index >= 15 is 0 Å². The number of hydrogen-bond donors (Lipinski definition) is 3. The summed E-state index contributed by atoms with van der Waals surface area (Å²) in [5, 5.41) is 12.7. The standard InChI is InChI=1S/C15H14ClN3O4/c16-8-1-2-9-11(5-8)18-6-10(13(9)20)14(21)19-4-3-17-12(7-19)15(22)23/h1-2,5-6,12,17H,3-4,7H2,(H,18,20)(H,22,23). The number of amides is 1. The van der Waals surface area contributed by atoms with Crippen LogP contribution in [0.25, 0.3) is 10.9 Å². The smallest absolute Gasteiger partial charge is 0.322 e. The molecule has 1 fully saturated rings. The number of halogens is 1. The third kappa shape index (κ3) is 2.93. The number of pyridine rings is 1. The maximum atomic E-state index is 12.6. The fourth-order valence-electron chi connectivity index (χ4n) is 2.62. The van der Waals surface area contributed by atoms with Crippen LogP contribution >= 0.6 is 11.6 Å². The maximum absolute atomic E-state index is 12.6. The normalized spacial score (nSPS) is 18.1. The van der Waals surface area contributed by atoms with Gasteiger partial charge in [0.15, 0.2) is 0 Å². The largest absolute Gasteiger partial charge is 0.480 e. The highest BCUT2D eigenvalue weighted by Crippen LogP contribution is 2.16. The van der Waals surface area contributed by atoms with E-state index in [0.717, 1.165) is 0 Å². The molecule has 1 aromatic carbocycles. The van der Waals surface area contributed by atoms with Gasteiger partial charge in [-0.15, -0.1) is 0 Å². The summed E-state index contributed by atoms with van der Waals surface area (Å²) in [5.41, 5.74) is 0.138. The number of nitrogens with zero attached hydrogens (tertiary/aromatic N) is 1. The molecule has 3 N–H and O–H groups in total. The minimum Gasteiger partial charge on any atom is -0.480 e. The predicted octanol–water partition coefficient (Wildman–Crippen LogP) is 0.680. The quantitative estimate of drug-likeness (QED) is 0.749. The van der Waals surface area contributed by atoms with E-state index in [2.05, 4.69) is 10.3 Å². The molecule has 1 unspecified atom stereocenters. The number of aliphatic carboxylic acids is 1. The van der Waals surface area contributed by atoms with Gasteiger partial charge >= 0.3 is 5.97 Å². The SMILES string of the molecule is O=C(O)C1CN(C(=O)c2c[nH]c3cc(Cl)ccc3c2=O)CCN1. The predicted molar refractivity (Wildman–Crippen MR) is 84.9 cm³/mol. The Morgan fingerprint density at radius 2 is 2.13 bits per heavy atom. The highest BCUT2D eigenvalue weighted by atomic mass is 35.5. The molecular weight excluding hydrogens is 322 g/mol. The van der Waals surface area contributed by atoms with E-state index in [9.17, 15) is 14.4 Å². The molecule has 2 aromatic rings. The van der Waals surface area contributed by atoms with Gasteiger partial charge in [0, 0.05) is 36.2 Å². The van der Waals surface area contributed by atoms with Crippen LogP contribution in [0.15, 0.2) is 29.2 Å². The lowest BCUT2D eigenvalue weighted by Crippen LogP contribution is -2.56. The van der Waals surface area contributed by atoms with Gasteiger partial charge in [0.2, 0.25) is 5.43 Å². The first-order chi connectivity index (χ1) is 11.0. The monoisotopic (exact) mass is 335 g/mol. The first-order valence-corrected chi connectivity index (χ1v) is 7.41. The van der Waals surface area contributed by atoms with Crippen LogP contribution in [0.4, 0.5) is 0 Å². The fraction of sp³-hybridized carbons (Fsp3) is 0.267. The molecule has 0 bridgehead atoms. The molecule has 0 radical (unpaired) electrons. The lowest BCUT2D eigenvalue weighted by Gasteiger charge is -2.31. The van der Waals surface area contributed by atoms with Crippen LogP contribution in [0.5, 0.6) is 0 Å². The van der Waals surface area contributed by atoms with Crippen molar-refractivity contribution >= 4 is 34.4 Å². The number of carbonyl (C=O) groups is 2. The zero-order valence-corrected chi connectivity index (χ0v) is 12.8. The summed E-state index contributed by atoms with van der Waals surface area (Å²) in [5.74, 6) is -1.50. The van der Waals surface area contributed by atoms with Crippen molar-refractivity contribution in [1.29, 1.82) is 0 Å². The molecule has 1 aliphatic rings. The Hall–Kier alpha value is -2.38. The van der Waals surface area contributed by atoms with Gasteiger partial charge in [0.05, 0.1) is 5.52 Å². The number of piperazine rings is 1. The van der Waals surface area contributed by atoms with Crippen LogP contribution < -0.4 is 10.7 Å². The summed E-state index contributed by atoms with van der Waals surface area (Å²) < 4.78 is 0. The molecule has 1 aromatic heterocycles. The van der Waals surface area contributed by atoms with Crippen LogP contribution in [-0.4, -0.2) is 52.5 Å². The molecule has 1 atom stereocenters. The van der Waals surface area contributed by atoms with Crippen molar-refractivity contribution in [1.82, 2.24) is 15.2 Å². The molecule has 2 heterocycles. The van der Waals surface area contributed by atoms with Gasteiger partial charge in [-0.1, -0.05) is 11.6 Å². The zero-order valence-electron chi connectivity index (χ0n) is 12.0. The van der Waals surface area contributed by atoms with E-state index in [1.165, 1.54) is 11.1 Å². The summed E-state index contributed by atoms with van der Waals surface area (Å²) >= 11 is 5.88. The number of aromatic nitrogens is 1. The second-order valence-corrected chi connectivity index (χ2v) is 5.75. The number of nitrogens with one attached hydrogen (secondary N) is 2. The van der Waals surface area contributed by atoms with Gasteiger partial charge in [-0.25, -0.2) is 0 Å². The molecule has 1 aliphatic heterocycles.